The minimum atomic E-state index is -0.393. The molecule has 0 fully saturated rings. The zero-order valence-electron chi connectivity index (χ0n) is 10.7. The van der Waals surface area contributed by atoms with Crippen molar-refractivity contribution in [2.75, 3.05) is 6.61 Å². The van der Waals surface area contributed by atoms with Crippen molar-refractivity contribution in [3.05, 3.63) is 10.6 Å². The van der Waals surface area contributed by atoms with E-state index in [-0.39, 0.29) is 5.97 Å². The Labute approximate surface area is 112 Å². The third-order valence-corrected chi connectivity index (χ3v) is 3.23. The Kier molecular flexibility index (Phi) is 10.6. The largest absolute Gasteiger partial charge is 0.466 e. The van der Waals surface area contributed by atoms with Crippen LogP contribution in [0.1, 0.15) is 52.4 Å². The molecule has 0 bridgehead atoms. The first-order valence-corrected chi connectivity index (χ1v) is 7.04. The highest BCUT2D eigenvalue weighted by Gasteiger charge is 2.06. The SMILES string of the molecule is CCC/C=C(\Br)[C@@H](O)CCCCCOC(C)=O. The van der Waals surface area contributed by atoms with Gasteiger partial charge in [0.1, 0.15) is 0 Å². The van der Waals surface area contributed by atoms with Crippen LogP contribution in [-0.2, 0) is 9.53 Å². The van der Waals surface area contributed by atoms with Gasteiger partial charge in [0.15, 0.2) is 0 Å². The number of carbonyl (C=O) groups is 1. The normalized spacial score (nSPS) is 13.5. The Morgan fingerprint density at radius 2 is 2.12 bits per heavy atom. The predicted octanol–water partition coefficient (Wildman–Crippen LogP) is 3.55. The van der Waals surface area contributed by atoms with Gasteiger partial charge in [-0.3, -0.25) is 4.79 Å². The van der Waals surface area contributed by atoms with Crippen molar-refractivity contribution in [2.24, 2.45) is 0 Å². The summed E-state index contributed by atoms with van der Waals surface area (Å²) >= 11 is 3.39. The van der Waals surface area contributed by atoms with Gasteiger partial charge in [-0.2, -0.15) is 0 Å². The van der Waals surface area contributed by atoms with Crippen LogP contribution in [0, 0.1) is 0 Å². The molecule has 0 rings (SSSR count). The second-order valence-corrected chi connectivity index (χ2v) is 5.00. The van der Waals surface area contributed by atoms with E-state index in [1.54, 1.807) is 0 Å². The van der Waals surface area contributed by atoms with E-state index in [1.807, 2.05) is 6.08 Å². The molecule has 4 heteroatoms. The molecule has 0 aromatic carbocycles. The first kappa shape index (κ1) is 16.6. The van der Waals surface area contributed by atoms with Gasteiger partial charge in [0.05, 0.1) is 12.7 Å². The summed E-state index contributed by atoms with van der Waals surface area (Å²) in [6.07, 6.45) is 7.24. The van der Waals surface area contributed by atoms with Gasteiger partial charge in [-0.25, -0.2) is 0 Å². The Hall–Kier alpha value is -0.350. The number of hydrogen-bond donors (Lipinski definition) is 1. The van der Waals surface area contributed by atoms with E-state index < -0.39 is 6.10 Å². The Morgan fingerprint density at radius 1 is 1.41 bits per heavy atom. The van der Waals surface area contributed by atoms with E-state index in [4.69, 9.17) is 4.74 Å². The van der Waals surface area contributed by atoms with Gasteiger partial charge in [-0.05, 0) is 25.7 Å². The Balaban J connectivity index is 3.50. The Bertz CT molecular complexity index is 239. The van der Waals surface area contributed by atoms with Gasteiger partial charge in [0.2, 0.25) is 0 Å². The monoisotopic (exact) mass is 306 g/mol. The summed E-state index contributed by atoms with van der Waals surface area (Å²) in [4.78, 5) is 10.5. The summed E-state index contributed by atoms with van der Waals surface area (Å²) in [7, 11) is 0. The van der Waals surface area contributed by atoms with E-state index >= 15 is 0 Å². The minimum absolute atomic E-state index is 0.227. The fourth-order valence-electron chi connectivity index (χ4n) is 1.39. The topological polar surface area (TPSA) is 46.5 Å². The molecule has 0 spiro atoms. The summed E-state index contributed by atoms with van der Waals surface area (Å²) in [5, 5.41) is 9.79. The molecule has 0 heterocycles. The van der Waals surface area contributed by atoms with Crippen molar-refractivity contribution >= 4 is 21.9 Å². The van der Waals surface area contributed by atoms with Crippen molar-refractivity contribution < 1.29 is 14.6 Å². The van der Waals surface area contributed by atoms with Crippen molar-refractivity contribution in [1.82, 2.24) is 0 Å². The number of aliphatic hydroxyl groups is 1. The van der Waals surface area contributed by atoms with Crippen molar-refractivity contribution in [2.45, 2.75) is 58.5 Å². The van der Waals surface area contributed by atoms with Gasteiger partial charge in [-0.15, -0.1) is 0 Å². The van der Waals surface area contributed by atoms with Crippen LogP contribution >= 0.6 is 15.9 Å². The van der Waals surface area contributed by atoms with Crippen LogP contribution < -0.4 is 0 Å². The number of unbranched alkanes of at least 4 members (excludes halogenated alkanes) is 3. The number of hydrogen-bond acceptors (Lipinski definition) is 3. The molecule has 0 unspecified atom stereocenters. The fourth-order valence-corrected chi connectivity index (χ4v) is 1.85. The summed E-state index contributed by atoms with van der Waals surface area (Å²) in [5.74, 6) is -0.227. The predicted molar refractivity (Wildman–Crippen MR) is 73.0 cm³/mol. The molecule has 0 saturated heterocycles. The van der Waals surface area contributed by atoms with E-state index in [9.17, 15) is 9.90 Å². The maximum Gasteiger partial charge on any atom is 0.302 e. The molecular weight excluding hydrogens is 284 g/mol. The lowest BCUT2D eigenvalue weighted by Gasteiger charge is -2.09. The molecule has 0 aliphatic heterocycles. The molecule has 0 amide bonds. The van der Waals surface area contributed by atoms with Gasteiger partial charge in [0, 0.05) is 11.4 Å². The zero-order chi connectivity index (χ0) is 13.1. The molecule has 100 valence electrons. The van der Waals surface area contributed by atoms with Crippen LogP contribution in [0.2, 0.25) is 0 Å². The molecule has 17 heavy (non-hydrogen) atoms. The smallest absolute Gasteiger partial charge is 0.302 e. The minimum Gasteiger partial charge on any atom is -0.466 e. The van der Waals surface area contributed by atoms with Crippen LogP contribution in [-0.4, -0.2) is 23.8 Å². The summed E-state index contributed by atoms with van der Waals surface area (Å²) in [6, 6.07) is 0. The van der Waals surface area contributed by atoms with Crippen LogP contribution in [0.4, 0.5) is 0 Å². The van der Waals surface area contributed by atoms with E-state index in [0.29, 0.717) is 6.61 Å². The van der Waals surface area contributed by atoms with E-state index in [1.165, 1.54) is 6.92 Å². The van der Waals surface area contributed by atoms with Crippen molar-refractivity contribution in [3.8, 4) is 0 Å². The van der Waals surface area contributed by atoms with E-state index in [0.717, 1.165) is 43.0 Å². The highest BCUT2D eigenvalue weighted by Crippen LogP contribution is 2.17. The quantitative estimate of drug-likeness (QED) is 0.523. The molecule has 0 aliphatic rings. The lowest BCUT2D eigenvalue weighted by Crippen LogP contribution is -2.06. The van der Waals surface area contributed by atoms with Gasteiger partial charge in [0.25, 0.3) is 0 Å². The van der Waals surface area contributed by atoms with Gasteiger partial charge >= 0.3 is 5.97 Å². The summed E-state index contributed by atoms with van der Waals surface area (Å²) < 4.78 is 5.72. The molecule has 3 nitrogen and oxygen atoms in total. The number of aliphatic hydroxyl groups excluding tert-OH is 1. The number of ether oxygens (including phenoxy) is 1. The maximum atomic E-state index is 10.5. The highest BCUT2D eigenvalue weighted by molar-refractivity contribution is 9.11. The molecule has 1 N–H and O–H groups in total. The molecule has 0 radical (unpaired) electrons. The number of esters is 1. The molecule has 0 aliphatic carbocycles. The molecular formula is C13H23BrO3. The molecule has 1 atom stereocenters. The molecule has 0 aromatic rings. The second-order valence-electron chi connectivity index (χ2n) is 4.08. The van der Waals surface area contributed by atoms with E-state index in [2.05, 4.69) is 22.9 Å². The number of allylic oxidation sites excluding steroid dienone is 1. The third-order valence-electron chi connectivity index (χ3n) is 2.37. The second kappa shape index (κ2) is 10.8. The Morgan fingerprint density at radius 3 is 2.71 bits per heavy atom. The van der Waals surface area contributed by atoms with Crippen molar-refractivity contribution in [1.29, 1.82) is 0 Å². The lowest BCUT2D eigenvalue weighted by molar-refractivity contribution is -0.141. The fraction of sp³-hybridized carbons (Fsp3) is 0.769. The summed E-state index contributed by atoms with van der Waals surface area (Å²) in [5.41, 5.74) is 0. The third kappa shape index (κ3) is 10.5. The van der Waals surface area contributed by atoms with Crippen LogP contribution in [0.15, 0.2) is 10.6 Å². The average molecular weight is 307 g/mol. The standard InChI is InChI=1S/C13H23BrO3/c1-3-4-8-12(14)13(16)9-6-5-7-10-17-11(2)15/h8,13,16H,3-7,9-10H2,1-2H3/b12-8-/t13-/m0/s1. The first-order valence-electron chi connectivity index (χ1n) is 6.25. The van der Waals surface area contributed by atoms with Crippen LogP contribution in [0.25, 0.3) is 0 Å². The zero-order valence-corrected chi connectivity index (χ0v) is 12.3. The van der Waals surface area contributed by atoms with Gasteiger partial charge in [-0.1, -0.05) is 41.8 Å². The van der Waals surface area contributed by atoms with Crippen LogP contribution in [0.5, 0.6) is 0 Å². The maximum absolute atomic E-state index is 10.5. The first-order chi connectivity index (χ1) is 8.07. The molecule has 0 saturated carbocycles. The average Bonchev–Trinajstić information content (AvgIpc) is 2.29. The lowest BCUT2D eigenvalue weighted by atomic mass is 10.1. The van der Waals surface area contributed by atoms with Crippen LogP contribution in [0.3, 0.4) is 0 Å². The van der Waals surface area contributed by atoms with Crippen molar-refractivity contribution in [3.63, 3.8) is 0 Å². The number of carbonyl (C=O) groups excluding carboxylic acids is 1. The molecule has 0 aromatic heterocycles. The van der Waals surface area contributed by atoms with Gasteiger partial charge < -0.3 is 9.84 Å². The number of halogens is 1. The highest BCUT2D eigenvalue weighted by atomic mass is 79.9. The number of rotatable bonds is 9. The summed E-state index contributed by atoms with van der Waals surface area (Å²) in [6.45, 7) is 4.01.